The van der Waals surface area contributed by atoms with Crippen molar-refractivity contribution in [2.24, 2.45) is 0 Å². The van der Waals surface area contributed by atoms with E-state index in [4.69, 9.17) is 5.11 Å². The number of halogens is 4. The second kappa shape index (κ2) is 21.0. The Labute approximate surface area is 301 Å². The number of benzene rings is 2. The molecule has 4 aromatic rings. The minimum atomic E-state index is -0.559. The van der Waals surface area contributed by atoms with E-state index in [1.54, 1.807) is 13.0 Å². The van der Waals surface area contributed by atoms with Gasteiger partial charge in [-0.3, -0.25) is 4.79 Å². The molecule has 231 valence electrons. The number of aliphatic hydroxyl groups excluding tert-OH is 2. The number of esters is 2. The number of ether oxygens (including phenoxy) is 2. The fourth-order valence-electron chi connectivity index (χ4n) is 3.62. The van der Waals surface area contributed by atoms with Crippen LogP contribution in [0.2, 0.25) is 0 Å². The van der Waals surface area contributed by atoms with Gasteiger partial charge in [0.1, 0.15) is 20.8 Å². The first-order valence-electron chi connectivity index (χ1n) is 12.3. The standard InChI is InChI=1S/C14H11BrFNO3.C14H9BrFNO3.C2H6O.B.Na.H/c2*1-20-14(19)8-2-3-10(9(4-8)7-18)11-5-13(15)17-6-12(11)16;1-2-3;;;/h2-6,18H,7H2,1H3;2-7H,1H3;3H,2H2,1H3;;;/q;;;;+1;-1. The zero-order chi connectivity index (χ0) is 32.1. The summed E-state index contributed by atoms with van der Waals surface area (Å²) < 4.78 is 37.8. The monoisotopic (exact) mass is 757 g/mol. The molecule has 2 aromatic heterocycles. The fraction of sp³-hybridized carbons (Fsp3) is 0.167. The molecule has 0 amide bonds. The Hall–Kier alpha value is -2.85. The molecule has 0 saturated carbocycles. The van der Waals surface area contributed by atoms with Crippen molar-refractivity contribution >= 4 is 58.5 Å². The first kappa shape index (κ1) is 42.2. The summed E-state index contributed by atoms with van der Waals surface area (Å²) in [6.45, 7) is 1.61. The number of aromatic nitrogens is 2. The Bertz CT molecular complexity index is 1620. The molecule has 0 saturated heterocycles. The van der Waals surface area contributed by atoms with E-state index in [2.05, 4.69) is 51.3 Å². The maximum atomic E-state index is 13.8. The summed E-state index contributed by atoms with van der Waals surface area (Å²) in [5, 5.41) is 17.0. The van der Waals surface area contributed by atoms with Crippen LogP contribution in [-0.2, 0) is 16.1 Å². The average molecular weight is 759 g/mol. The number of rotatable bonds is 6. The molecule has 15 heteroatoms. The van der Waals surface area contributed by atoms with Crippen molar-refractivity contribution in [2.45, 2.75) is 13.5 Å². The predicted octanol–water partition coefficient (Wildman–Crippen LogP) is 2.91. The molecule has 0 aliphatic carbocycles. The Morgan fingerprint density at radius 1 is 0.822 bits per heavy atom. The van der Waals surface area contributed by atoms with Crippen molar-refractivity contribution in [2.75, 3.05) is 20.8 Å². The van der Waals surface area contributed by atoms with Gasteiger partial charge in [0.2, 0.25) is 0 Å². The summed E-state index contributed by atoms with van der Waals surface area (Å²) in [7, 11) is 2.52. The first-order valence-corrected chi connectivity index (χ1v) is 13.9. The largest absolute Gasteiger partial charge is 1.00 e. The van der Waals surface area contributed by atoms with Gasteiger partial charge in [0, 0.05) is 31.7 Å². The van der Waals surface area contributed by atoms with E-state index in [0.29, 0.717) is 43.3 Å². The molecule has 2 N–H and O–H groups in total. The molecule has 4 rings (SSSR count). The van der Waals surface area contributed by atoms with Crippen LogP contribution in [0.5, 0.6) is 0 Å². The van der Waals surface area contributed by atoms with E-state index in [-0.39, 0.29) is 69.3 Å². The molecule has 0 fully saturated rings. The van der Waals surface area contributed by atoms with Crippen molar-refractivity contribution in [3.05, 3.63) is 104 Å². The molecule has 3 radical (unpaired) electrons. The minimum absolute atomic E-state index is 0. The number of nitrogens with zero attached hydrogens (tertiary/aromatic N) is 2. The number of pyridine rings is 2. The van der Waals surface area contributed by atoms with E-state index in [0.717, 1.165) is 12.4 Å². The maximum absolute atomic E-state index is 13.8. The summed E-state index contributed by atoms with van der Waals surface area (Å²) in [5.74, 6) is -2.13. The van der Waals surface area contributed by atoms with Gasteiger partial charge in [-0.1, -0.05) is 12.1 Å². The Morgan fingerprint density at radius 2 is 1.24 bits per heavy atom. The van der Waals surface area contributed by atoms with E-state index in [9.17, 15) is 28.3 Å². The molecule has 0 atom stereocenters. The van der Waals surface area contributed by atoms with Crippen LogP contribution >= 0.6 is 31.9 Å². The van der Waals surface area contributed by atoms with Gasteiger partial charge in [-0.2, -0.15) is 0 Å². The van der Waals surface area contributed by atoms with Gasteiger partial charge in [0.05, 0.1) is 44.3 Å². The maximum Gasteiger partial charge on any atom is 1.00 e. The molecular weight excluding hydrogens is 732 g/mol. The topological polar surface area (TPSA) is 136 Å². The number of carbonyl (C=O) groups is 3. The summed E-state index contributed by atoms with van der Waals surface area (Å²) in [6, 6.07) is 11.9. The van der Waals surface area contributed by atoms with Gasteiger partial charge < -0.3 is 21.1 Å². The second-order valence-electron chi connectivity index (χ2n) is 8.22. The van der Waals surface area contributed by atoms with Crippen LogP contribution in [-0.4, -0.2) is 67.6 Å². The Kier molecular flexibility index (Phi) is 19.7. The summed E-state index contributed by atoms with van der Waals surface area (Å²) >= 11 is 6.32. The van der Waals surface area contributed by atoms with E-state index >= 15 is 0 Å². The number of aldehydes is 1. The molecule has 2 aromatic carbocycles. The quantitative estimate of drug-likeness (QED) is 0.132. The van der Waals surface area contributed by atoms with E-state index in [1.165, 1.54) is 56.7 Å². The fourth-order valence-corrected chi connectivity index (χ4v) is 4.28. The summed E-state index contributed by atoms with van der Waals surface area (Å²) in [4.78, 5) is 41.6. The third-order valence-electron chi connectivity index (χ3n) is 5.52. The van der Waals surface area contributed by atoms with Gasteiger partial charge in [-0.15, -0.1) is 0 Å². The van der Waals surface area contributed by atoms with Crippen LogP contribution in [0.25, 0.3) is 22.3 Å². The van der Waals surface area contributed by atoms with Crippen molar-refractivity contribution in [3.8, 4) is 22.3 Å². The van der Waals surface area contributed by atoms with Crippen LogP contribution in [0.3, 0.4) is 0 Å². The number of carbonyl (C=O) groups excluding carboxylic acids is 3. The zero-order valence-corrected chi connectivity index (χ0v) is 29.9. The molecule has 9 nitrogen and oxygen atoms in total. The molecule has 45 heavy (non-hydrogen) atoms. The third kappa shape index (κ3) is 11.8. The van der Waals surface area contributed by atoms with Crippen molar-refractivity contribution in [3.63, 3.8) is 0 Å². The number of aliphatic hydroxyl groups is 2. The van der Waals surface area contributed by atoms with Crippen LogP contribution < -0.4 is 29.6 Å². The average Bonchev–Trinajstić information content (AvgIpc) is 3.02. The molecular formula is C30H27BBr2F2N2NaO7. The van der Waals surface area contributed by atoms with Gasteiger partial charge in [-0.25, -0.2) is 28.3 Å². The SMILES string of the molecule is CCO.COC(=O)c1ccc(-c2cc(Br)ncc2F)c(C=O)c1.COC(=O)c1ccc(-c2cc(Br)ncc2F)c(CO)c1.[B].[H-].[Na+]. The van der Waals surface area contributed by atoms with Gasteiger partial charge >= 0.3 is 41.5 Å². The van der Waals surface area contributed by atoms with Crippen molar-refractivity contribution in [1.29, 1.82) is 0 Å². The second-order valence-corrected chi connectivity index (χ2v) is 9.85. The molecule has 0 aliphatic heterocycles. The van der Waals surface area contributed by atoms with Crippen LogP contribution in [0, 0.1) is 11.6 Å². The third-order valence-corrected chi connectivity index (χ3v) is 6.39. The number of hydrogen-bond donors (Lipinski definition) is 2. The van der Waals surface area contributed by atoms with Gasteiger partial charge in [0.25, 0.3) is 0 Å². The zero-order valence-electron chi connectivity index (χ0n) is 25.7. The van der Waals surface area contributed by atoms with Crippen LogP contribution in [0.15, 0.2) is 70.1 Å². The van der Waals surface area contributed by atoms with E-state index in [1.807, 2.05) is 0 Å². The molecule has 2 heterocycles. The van der Waals surface area contributed by atoms with Gasteiger partial charge in [0.15, 0.2) is 6.29 Å². The number of methoxy groups -OCH3 is 2. The van der Waals surface area contributed by atoms with Crippen LogP contribution in [0.1, 0.15) is 45.0 Å². The van der Waals surface area contributed by atoms with Crippen molar-refractivity contribution < 1.29 is 73.8 Å². The van der Waals surface area contributed by atoms with Crippen molar-refractivity contribution in [1.82, 2.24) is 9.97 Å². The normalized spacial score (nSPS) is 9.53. The van der Waals surface area contributed by atoms with Gasteiger partial charge in [-0.05, 0) is 91.9 Å². The predicted molar refractivity (Wildman–Crippen MR) is 168 cm³/mol. The molecule has 0 aliphatic rings. The molecule has 0 bridgehead atoms. The Balaban J connectivity index is 0. The number of hydrogen-bond acceptors (Lipinski definition) is 9. The summed E-state index contributed by atoms with van der Waals surface area (Å²) in [6.07, 6.45) is 2.71. The van der Waals surface area contributed by atoms with E-state index < -0.39 is 23.6 Å². The Morgan fingerprint density at radius 3 is 1.67 bits per heavy atom. The minimum Gasteiger partial charge on any atom is -1.00 e. The molecule has 0 spiro atoms. The first-order chi connectivity index (χ1) is 20.5. The molecule has 0 unspecified atom stereocenters. The smallest absolute Gasteiger partial charge is 1.00 e. The summed E-state index contributed by atoms with van der Waals surface area (Å²) in [5.41, 5.74) is 2.57. The van der Waals surface area contributed by atoms with Crippen LogP contribution in [0.4, 0.5) is 8.78 Å².